The van der Waals surface area contributed by atoms with Crippen LogP contribution in [0.25, 0.3) is 11.0 Å². The highest BCUT2D eigenvalue weighted by atomic mass is 35.7. The number of H-pyrrole nitrogens is 1. The van der Waals surface area contributed by atoms with Gasteiger partial charge in [-0.2, -0.15) is 0 Å². The van der Waals surface area contributed by atoms with Gasteiger partial charge in [-0.05, 0) is 12.1 Å². The summed E-state index contributed by atoms with van der Waals surface area (Å²) in [6.07, 6.45) is 0. The highest BCUT2D eigenvalue weighted by Crippen LogP contribution is 2.22. The Morgan fingerprint density at radius 3 is 2.67 bits per heavy atom. The molecule has 7 heteroatoms. The molecule has 0 aliphatic heterocycles. The Morgan fingerprint density at radius 2 is 2.07 bits per heavy atom. The zero-order valence-corrected chi connectivity index (χ0v) is 9.26. The number of benzene rings is 1. The fourth-order valence-corrected chi connectivity index (χ4v) is 2.45. The Hall–Kier alpha value is -1.27. The lowest BCUT2D eigenvalue weighted by molar-refractivity contribution is 0.610. The smallest absolute Gasteiger partial charge is 0.304 e. The van der Waals surface area contributed by atoms with Crippen LogP contribution in [-0.2, 0) is 16.1 Å². The number of aromatic nitrogens is 2. The molecule has 15 heavy (non-hydrogen) atoms. The van der Waals surface area contributed by atoms with Crippen molar-refractivity contribution in [1.29, 1.82) is 0 Å². The van der Waals surface area contributed by atoms with Crippen LogP contribution >= 0.6 is 10.7 Å². The van der Waals surface area contributed by atoms with Crippen LogP contribution in [0.5, 0.6) is 0 Å². The quantitative estimate of drug-likeness (QED) is 0.757. The zero-order valence-electron chi connectivity index (χ0n) is 7.69. The van der Waals surface area contributed by atoms with E-state index in [1.165, 1.54) is 16.7 Å². The van der Waals surface area contributed by atoms with E-state index in [-0.39, 0.29) is 16.1 Å². The lowest BCUT2D eigenvalue weighted by Crippen LogP contribution is -2.11. The Bertz CT molecular complexity index is 683. The molecule has 0 saturated carbocycles. The minimum absolute atomic E-state index is 0.0839. The number of fused-ring (bicyclic) bond motifs is 1. The second kappa shape index (κ2) is 3.11. The topological polar surface area (TPSA) is 71.9 Å². The number of nitrogens with zero attached hydrogens (tertiary/aromatic N) is 1. The molecule has 1 N–H and O–H groups in total. The maximum absolute atomic E-state index is 11.3. The van der Waals surface area contributed by atoms with Gasteiger partial charge in [-0.25, -0.2) is 13.2 Å². The Balaban J connectivity index is 3.02. The van der Waals surface area contributed by atoms with Crippen molar-refractivity contribution in [3.05, 3.63) is 28.7 Å². The summed E-state index contributed by atoms with van der Waals surface area (Å²) in [5, 5.41) is 0. The predicted octanol–water partition coefficient (Wildman–Crippen LogP) is 0.794. The molecule has 0 bridgehead atoms. The summed E-state index contributed by atoms with van der Waals surface area (Å²) in [7, 11) is 2.94. The molecule has 0 spiro atoms. The second-order valence-electron chi connectivity index (χ2n) is 3.08. The number of hydrogen-bond acceptors (Lipinski definition) is 3. The first kappa shape index (κ1) is 10.3. The summed E-state index contributed by atoms with van der Waals surface area (Å²) in [5.74, 6) is 0. The van der Waals surface area contributed by atoms with Crippen molar-refractivity contribution in [2.45, 2.75) is 4.90 Å². The van der Waals surface area contributed by atoms with Gasteiger partial charge >= 0.3 is 5.69 Å². The molecule has 0 fully saturated rings. The third-order valence-electron chi connectivity index (χ3n) is 2.16. The maximum Gasteiger partial charge on any atom is 0.326 e. The van der Waals surface area contributed by atoms with Crippen LogP contribution in [0.1, 0.15) is 0 Å². The first-order valence-corrected chi connectivity index (χ1v) is 6.34. The van der Waals surface area contributed by atoms with Crippen LogP contribution in [0.2, 0.25) is 0 Å². The molecule has 0 unspecified atom stereocenters. The highest BCUT2D eigenvalue weighted by Gasteiger charge is 2.16. The SMILES string of the molecule is Cn1c(=O)[nH]c2c(S(=O)(=O)Cl)cccc21. The van der Waals surface area contributed by atoms with Crippen LogP contribution in [-0.4, -0.2) is 18.0 Å². The van der Waals surface area contributed by atoms with Gasteiger partial charge in [-0.15, -0.1) is 0 Å². The van der Waals surface area contributed by atoms with Crippen LogP contribution in [0.3, 0.4) is 0 Å². The lowest BCUT2D eigenvalue weighted by atomic mass is 10.3. The molecule has 0 amide bonds. The molecule has 2 aromatic rings. The molecule has 0 atom stereocenters. The minimum Gasteiger partial charge on any atom is -0.304 e. The molecular weight excluding hydrogens is 240 g/mol. The molecule has 1 aromatic carbocycles. The summed E-state index contributed by atoms with van der Waals surface area (Å²) >= 11 is 0. The predicted molar refractivity (Wildman–Crippen MR) is 56.6 cm³/mol. The van der Waals surface area contributed by atoms with Crippen molar-refractivity contribution in [2.75, 3.05) is 0 Å². The summed E-state index contributed by atoms with van der Waals surface area (Å²) in [4.78, 5) is 13.6. The fraction of sp³-hybridized carbons (Fsp3) is 0.125. The summed E-state index contributed by atoms with van der Waals surface area (Å²) in [6.45, 7) is 0. The number of para-hydroxylation sites is 1. The van der Waals surface area contributed by atoms with Gasteiger partial charge in [-0.1, -0.05) is 6.07 Å². The average molecular weight is 247 g/mol. The highest BCUT2D eigenvalue weighted by molar-refractivity contribution is 8.14. The van der Waals surface area contributed by atoms with Gasteiger partial charge in [0, 0.05) is 17.7 Å². The van der Waals surface area contributed by atoms with Gasteiger partial charge in [0.05, 0.1) is 11.0 Å². The number of nitrogens with one attached hydrogen (secondary N) is 1. The summed E-state index contributed by atoms with van der Waals surface area (Å²) in [5.41, 5.74) is 0.361. The van der Waals surface area contributed by atoms with Crippen LogP contribution < -0.4 is 5.69 Å². The van der Waals surface area contributed by atoms with Crippen molar-refractivity contribution in [3.8, 4) is 0 Å². The van der Waals surface area contributed by atoms with Crippen molar-refractivity contribution in [1.82, 2.24) is 9.55 Å². The summed E-state index contributed by atoms with van der Waals surface area (Å²) in [6, 6.07) is 4.52. The van der Waals surface area contributed by atoms with Crippen molar-refractivity contribution in [3.63, 3.8) is 0 Å². The zero-order chi connectivity index (χ0) is 11.2. The van der Waals surface area contributed by atoms with Gasteiger partial charge in [0.1, 0.15) is 4.90 Å². The van der Waals surface area contributed by atoms with Gasteiger partial charge in [0.25, 0.3) is 9.05 Å². The first-order chi connectivity index (χ1) is 6.91. The molecule has 0 aliphatic rings. The van der Waals surface area contributed by atoms with E-state index in [1.54, 1.807) is 13.1 Å². The molecule has 1 aromatic heterocycles. The van der Waals surface area contributed by atoms with E-state index >= 15 is 0 Å². The van der Waals surface area contributed by atoms with E-state index < -0.39 is 9.05 Å². The molecule has 2 rings (SSSR count). The molecule has 0 aliphatic carbocycles. The second-order valence-corrected chi connectivity index (χ2v) is 5.61. The minimum atomic E-state index is -3.84. The van der Waals surface area contributed by atoms with Gasteiger partial charge in [0.15, 0.2) is 0 Å². The van der Waals surface area contributed by atoms with Crippen molar-refractivity contribution < 1.29 is 8.42 Å². The monoisotopic (exact) mass is 246 g/mol. The normalized spacial score (nSPS) is 12.1. The Labute approximate surface area is 89.7 Å². The van der Waals surface area contributed by atoms with Gasteiger partial charge in [0.2, 0.25) is 0 Å². The molecule has 80 valence electrons. The maximum atomic E-state index is 11.3. The van der Waals surface area contributed by atoms with E-state index in [0.717, 1.165) is 0 Å². The standard InChI is InChI=1S/C8H7ClN2O3S/c1-11-5-3-2-4-6(15(9,13)14)7(5)10-8(11)12/h2-4H,1H3,(H,10,12). The van der Waals surface area contributed by atoms with Crippen molar-refractivity contribution >= 4 is 30.8 Å². The molecule has 1 heterocycles. The van der Waals surface area contributed by atoms with Crippen LogP contribution in [0, 0.1) is 0 Å². The van der Waals surface area contributed by atoms with Crippen LogP contribution in [0.15, 0.2) is 27.9 Å². The van der Waals surface area contributed by atoms with E-state index in [0.29, 0.717) is 5.52 Å². The summed E-state index contributed by atoms with van der Waals surface area (Å²) < 4.78 is 23.7. The fourth-order valence-electron chi connectivity index (χ4n) is 1.43. The van der Waals surface area contributed by atoms with E-state index in [1.807, 2.05) is 0 Å². The number of rotatable bonds is 1. The molecule has 0 radical (unpaired) electrons. The molecular formula is C8H7ClN2O3S. The number of halogens is 1. The first-order valence-electron chi connectivity index (χ1n) is 4.03. The van der Waals surface area contributed by atoms with E-state index in [9.17, 15) is 13.2 Å². The van der Waals surface area contributed by atoms with E-state index in [2.05, 4.69) is 4.98 Å². The molecule has 0 saturated heterocycles. The number of aromatic amines is 1. The number of imidazole rings is 1. The number of hydrogen-bond donors (Lipinski definition) is 1. The lowest BCUT2D eigenvalue weighted by Gasteiger charge is -1.98. The van der Waals surface area contributed by atoms with Gasteiger partial charge < -0.3 is 4.98 Å². The largest absolute Gasteiger partial charge is 0.326 e. The third-order valence-corrected chi connectivity index (χ3v) is 3.53. The Kier molecular flexibility index (Phi) is 2.13. The van der Waals surface area contributed by atoms with Crippen molar-refractivity contribution in [2.24, 2.45) is 7.05 Å². The third kappa shape index (κ3) is 1.55. The van der Waals surface area contributed by atoms with Crippen LogP contribution in [0.4, 0.5) is 0 Å². The van der Waals surface area contributed by atoms with E-state index in [4.69, 9.17) is 10.7 Å². The number of aryl methyl sites for hydroxylation is 1. The Morgan fingerprint density at radius 1 is 1.40 bits per heavy atom. The molecule has 5 nitrogen and oxygen atoms in total. The van der Waals surface area contributed by atoms with Gasteiger partial charge in [-0.3, -0.25) is 4.57 Å². The average Bonchev–Trinajstić information content (AvgIpc) is 2.41.